The van der Waals surface area contributed by atoms with Crippen molar-refractivity contribution in [2.24, 2.45) is 5.73 Å². The summed E-state index contributed by atoms with van der Waals surface area (Å²) in [5.74, 6) is -0.347. The van der Waals surface area contributed by atoms with Gasteiger partial charge in [-0.15, -0.1) is 0 Å². The van der Waals surface area contributed by atoms with Crippen LogP contribution in [-0.2, 0) is 4.79 Å². The highest BCUT2D eigenvalue weighted by atomic mass is 19.1. The van der Waals surface area contributed by atoms with Crippen LogP contribution in [0.15, 0.2) is 30.3 Å². The number of carbonyl (C=O) groups excluding carboxylic acids is 1. The van der Waals surface area contributed by atoms with Crippen LogP contribution in [0.4, 0.5) is 4.39 Å². The molecule has 1 unspecified atom stereocenters. The first-order valence-electron chi connectivity index (χ1n) is 6.05. The Kier molecular flexibility index (Phi) is 3.77. The summed E-state index contributed by atoms with van der Waals surface area (Å²) in [6.45, 7) is 3.11. The van der Waals surface area contributed by atoms with Gasteiger partial charge in [-0.3, -0.25) is 4.79 Å². The summed E-state index contributed by atoms with van der Waals surface area (Å²) in [6, 6.07) is 6.32. The van der Waals surface area contributed by atoms with E-state index in [0.717, 1.165) is 17.6 Å². The van der Waals surface area contributed by atoms with E-state index in [1.54, 1.807) is 23.1 Å². The Morgan fingerprint density at radius 2 is 2.33 bits per heavy atom. The van der Waals surface area contributed by atoms with E-state index < -0.39 is 0 Å². The Labute approximate surface area is 106 Å². The third-order valence-electron chi connectivity index (χ3n) is 3.16. The zero-order chi connectivity index (χ0) is 13.1. The summed E-state index contributed by atoms with van der Waals surface area (Å²) >= 11 is 0. The highest BCUT2D eigenvalue weighted by Gasteiger charge is 2.22. The summed E-state index contributed by atoms with van der Waals surface area (Å²) in [6.07, 6.45) is 2.39. The Balaban J connectivity index is 2.10. The molecule has 1 amide bonds. The van der Waals surface area contributed by atoms with Crippen molar-refractivity contribution in [2.45, 2.75) is 19.4 Å². The molecule has 96 valence electrons. The predicted molar refractivity (Wildman–Crippen MR) is 69.2 cm³/mol. The van der Waals surface area contributed by atoms with Crippen LogP contribution in [0.3, 0.4) is 0 Å². The molecule has 2 rings (SSSR count). The lowest BCUT2D eigenvalue weighted by molar-refractivity contribution is -0.125. The first kappa shape index (κ1) is 12.8. The van der Waals surface area contributed by atoms with E-state index in [0.29, 0.717) is 13.1 Å². The number of amides is 1. The lowest BCUT2D eigenvalue weighted by atomic mass is 10.1. The second-order valence-electron chi connectivity index (χ2n) is 4.67. The molecule has 0 saturated carbocycles. The molecule has 18 heavy (non-hydrogen) atoms. The van der Waals surface area contributed by atoms with Gasteiger partial charge in [-0.05, 0) is 36.6 Å². The molecule has 1 aromatic carbocycles. The van der Waals surface area contributed by atoms with Crippen molar-refractivity contribution < 1.29 is 9.18 Å². The molecule has 4 heteroatoms. The van der Waals surface area contributed by atoms with E-state index in [-0.39, 0.29) is 17.8 Å². The molecule has 1 fully saturated rings. The van der Waals surface area contributed by atoms with Gasteiger partial charge < -0.3 is 10.6 Å². The second kappa shape index (κ2) is 5.31. The number of nitrogens with two attached hydrogens (primary N) is 1. The average molecular weight is 248 g/mol. The lowest BCUT2D eigenvalue weighted by Gasteiger charge is -2.13. The highest BCUT2D eigenvalue weighted by Crippen LogP contribution is 2.16. The molecule has 3 nitrogen and oxygen atoms in total. The normalized spacial score (nSPS) is 20.3. The minimum absolute atomic E-state index is 0.0512. The summed E-state index contributed by atoms with van der Waals surface area (Å²) < 4.78 is 13.1. The number of allylic oxidation sites excluding steroid dienone is 1. The van der Waals surface area contributed by atoms with Gasteiger partial charge in [0.25, 0.3) is 0 Å². The summed E-state index contributed by atoms with van der Waals surface area (Å²) in [7, 11) is 0. The minimum atomic E-state index is -0.295. The molecule has 1 atom stereocenters. The summed E-state index contributed by atoms with van der Waals surface area (Å²) in [4.78, 5) is 13.7. The number of halogens is 1. The van der Waals surface area contributed by atoms with Crippen LogP contribution in [0, 0.1) is 5.82 Å². The average Bonchev–Trinajstić information content (AvgIpc) is 2.76. The summed E-state index contributed by atoms with van der Waals surface area (Å²) in [5, 5.41) is 0. The Bertz CT molecular complexity index is 484. The van der Waals surface area contributed by atoms with Gasteiger partial charge in [0.2, 0.25) is 5.91 Å². The molecule has 0 radical (unpaired) electrons. The number of carbonyl (C=O) groups is 1. The number of hydrogen-bond acceptors (Lipinski definition) is 2. The van der Waals surface area contributed by atoms with Crippen LogP contribution in [0.2, 0.25) is 0 Å². The molecule has 1 aliphatic rings. The zero-order valence-electron chi connectivity index (χ0n) is 10.4. The number of rotatable bonds is 2. The molecule has 1 saturated heterocycles. The van der Waals surface area contributed by atoms with Gasteiger partial charge in [0.05, 0.1) is 0 Å². The molecule has 2 N–H and O–H groups in total. The van der Waals surface area contributed by atoms with Crippen LogP contribution in [0.1, 0.15) is 18.9 Å². The third-order valence-corrected chi connectivity index (χ3v) is 3.16. The van der Waals surface area contributed by atoms with Crippen LogP contribution in [0.5, 0.6) is 0 Å². The van der Waals surface area contributed by atoms with Crippen molar-refractivity contribution in [1.29, 1.82) is 0 Å². The van der Waals surface area contributed by atoms with E-state index >= 15 is 0 Å². The van der Waals surface area contributed by atoms with E-state index in [9.17, 15) is 9.18 Å². The van der Waals surface area contributed by atoms with Crippen molar-refractivity contribution in [3.05, 3.63) is 41.7 Å². The van der Waals surface area contributed by atoms with Crippen molar-refractivity contribution in [3.63, 3.8) is 0 Å². The van der Waals surface area contributed by atoms with E-state index in [2.05, 4.69) is 0 Å². The lowest BCUT2D eigenvalue weighted by Crippen LogP contribution is -2.30. The van der Waals surface area contributed by atoms with Crippen molar-refractivity contribution in [1.82, 2.24) is 4.90 Å². The first-order chi connectivity index (χ1) is 8.56. The molecular formula is C14H17FN2O. The monoisotopic (exact) mass is 248 g/mol. The third kappa shape index (κ3) is 2.96. The molecular weight excluding hydrogens is 231 g/mol. The van der Waals surface area contributed by atoms with Gasteiger partial charge in [0.1, 0.15) is 5.82 Å². The van der Waals surface area contributed by atoms with Crippen LogP contribution in [-0.4, -0.2) is 29.9 Å². The quantitative estimate of drug-likeness (QED) is 0.811. The molecule has 1 heterocycles. The predicted octanol–water partition coefficient (Wildman–Crippen LogP) is 1.79. The van der Waals surface area contributed by atoms with Crippen molar-refractivity contribution >= 4 is 11.5 Å². The van der Waals surface area contributed by atoms with Gasteiger partial charge in [0.15, 0.2) is 0 Å². The Morgan fingerprint density at radius 3 is 2.94 bits per heavy atom. The van der Waals surface area contributed by atoms with Crippen LogP contribution in [0.25, 0.3) is 5.57 Å². The van der Waals surface area contributed by atoms with Crippen molar-refractivity contribution in [2.75, 3.05) is 13.1 Å². The fourth-order valence-electron chi connectivity index (χ4n) is 2.08. The van der Waals surface area contributed by atoms with E-state index in [4.69, 9.17) is 5.73 Å². The number of benzene rings is 1. The maximum Gasteiger partial charge on any atom is 0.246 e. The van der Waals surface area contributed by atoms with Crippen molar-refractivity contribution in [3.8, 4) is 0 Å². The molecule has 1 aromatic rings. The molecule has 0 aliphatic carbocycles. The number of nitrogens with zero attached hydrogens (tertiary/aromatic N) is 1. The standard InChI is InChI=1S/C14H17FN2O/c1-10(11-3-2-4-12(15)8-11)7-14(18)17-6-5-13(16)9-17/h2-4,7-8,13H,5-6,9,16H2,1H3. The smallest absolute Gasteiger partial charge is 0.246 e. The SMILES string of the molecule is CC(=CC(=O)N1CCC(N)C1)c1cccc(F)c1. The van der Waals surface area contributed by atoms with Gasteiger partial charge in [0, 0.05) is 25.2 Å². The zero-order valence-corrected chi connectivity index (χ0v) is 10.4. The Hall–Kier alpha value is -1.68. The second-order valence-corrected chi connectivity index (χ2v) is 4.67. The number of hydrogen-bond donors (Lipinski definition) is 1. The molecule has 0 spiro atoms. The van der Waals surface area contributed by atoms with Crippen LogP contribution < -0.4 is 5.73 Å². The molecule has 0 bridgehead atoms. The van der Waals surface area contributed by atoms with Crippen LogP contribution >= 0.6 is 0 Å². The van der Waals surface area contributed by atoms with E-state index in [1.807, 2.05) is 6.92 Å². The van der Waals surface area contributed by atoms with Gasteiger partial charge in [-0.2, -0.15) is 0 Å². The summed E-state index contributed by atoms with van der Waals surface area (Å²) in [5.41, 5.74) is 7.25. The highest BCUT2D eigenvalue weighted by molar-refractivity contribution is 5.95. The largest absolute Gasteiger partial charge is 0.338 e. The maximum absolute atomic E-state index is 13.1. The van der Waals surface area contributed by atoms with E-state index in [1.165, 1.54) is 12.1 Å². The first-order valence-corrected chi connectivity index (χ1v) is 6.05. The molecule has 1 aliphatic heterocycles. The fraction of sp³-hybridized carbons (Fsp3) is 0.357. The number of likely N-dealkylation sites (tertiary alicyclic amines) is 1. The topological polar surface area (TPSA) is 46.3 Å². The minimum Gasteiger partial charge on any atom is -0.338 e. The van der Waals surface area contributed by atoms with Gasteiger partial charge in [-0.25, -0.2) is 4.39 Å². The maximum atomic E-state index is 13.1. The Morgan fingerprint density at radius 1 is 1.56 bits per heavy atom. The molecule has 0 aromatic heterocycles. The van der Waals surface area contributed by atoms with Gasteiger partial charge in [-0.1, -0.05) is 12.1 Å². The van der Waals surface area contributed by atoms with Gasteiger partial charge >= 0.3 is 0 Å². The fourth-order valence-corrected chi connectivity index (χ4v) is 2.08.